The van der Waals surface area contributed by atoms with Gasteiger partial charge in [-0.05, 0) is 56.6 Å². The number of para-hydroxylation sites is 1. The molecule has 2 heterocycles. The number of aromatic nitrogens is 2. The molecule has 208 valence electrons. The van der Waals surface area contributed by atoms with Crippen LogP contribution < -0.4 is 16.3 Å². The highest BCUT2D eigenvalue weighted by Gasteiger charge is 2.24. The number of nitrogens with two attached hydrogens (primary N) is 1. The van der Waals surface area contributed by atoms with E-state index in [9.17, 15) is 23.2 Å². The number of anilines is 1. The average molecular weight is 542 g/mol. The van der Waals surface area contributed by atoms with Crippen LogP contribution in [0.15, 0.2) is 47.3 Å². The first-order valence-corrected chi connectivity index (χ1v) is 13.1. The number of unbranched alkanes of at least 4 members (excludes halogenated alkanes) is 2. The summed E-state index contributed by atoms with van der Waals surface area (Å²) in [6.45, 7) is 6.23. The van der Waals surface area contributed by atoms with E-state index in [2.05, 4.69) is 14.8 Å². The third-order valence-electron chi connectivity index (χ3n) is 6.89. The van der Waals surface area contributed by atoms with E-state index in [4.69, 9.17) is 10.5 Å². The summed E-state index contributed by atoms with van der Waals surface area (Å²) >= 11 is 0. The number of ether oxygens (including phenoxy) is 1. The first kappa shape index (κ1) is 28.0. The summed E-state index contributed by atoms with van der Waals surface area (Å²) in [5.41, 5.74) is 6.72. The Bertz CT molecular complexity index is 1380. The fourth-order valence-corrected chi connectivity index (χ4v) is 4.93. The number of nitrogens with zero attached hydrogens (tertiary/aromatic N) is 3. The molecule has 11 heteroatoms. The van der Waals surface area contributed by atoms with Crippen LogP contribution in [0.4, 0.5) is 14.5 Å². The summed E-state index contributed by atoms with van der Waals surface area (Å²) in [6, 6.07) is 10.6. The van der Waals surface area contributed by atoms with Gasteiger partial charge in [0.15, 0.2) is 17.3 Å². The number of halogens is 2. The Balaban J connectivity index is 1.33. The van der Waals surface area contributed by atoms with Crippen LogP contribution in [-0.4, -0.2) is 65.7 Å². The molecule has 0 aliphatic carbocycles. The number of esters is 1. The molecule has 1 fully saturated rings. The minimum absolute atomic E-state index is 0.0800. The maximum Gasteiger partial charge on any atom is 0.357 e. The second kappa shape index (κ2) is 12.7. The standard InChI is InChI=1S/C28H33F2N5O4/c1-2-39-27(37)24-25(19-10-11-21(29)22(30)18-19)35(28(38)32-24)13-7-3-6-12-33-14-16-34(17-15-33)23-9-5-4-8-20(23)26(31)36/h4-5,8-11,18H,2-3,6-7,12-17H2,1H3,(H2,31,36)(H,32,38). The van der Waals surface area contributed by atoms with Gasteiger partial charge in [0.05, 0.1) is 17.9 Å². The highest BCUT2D eigenvalue weighted by Crippen LogP contribution is 2.25. The van der Waals surface area contributed by atoms with Crippen molar-refractivity contribution in [3.05, 3.63) is 75.8 Å². The highest BCUT2D eigenvalue weighted by atomic mass is 19.2. The van der Waals surface area contributed by atoms with Gasteiger partial charge in [0.25, 0.3) is 5.91 Å². The van der Waals surface area contributed by atoms with Crippen molar-refractivity contribution in [2.75, 3.05) is 44.2 Å². The lowest BCUT2D eigenvalue weighted by atomic mass is 10.1. The Morgan fingerprint density at radius 2 is 1.69 bits per heavy atom. The van der Waals surface area contributed by atoms with Crippen molar-refractivity contribution in [1.82, 2.24) is 14.5 Å². The average Bonchev–Trinajstić information content (AvgIpc) is 3.26. The highest BCUT2D eigenvalue weighted by molar-refractivity contribution is 5.98. The number of carbonyl (C=O) groups is 2. The lowest BCUT2D eigenvalue weighted by Gasteiger charge is -2.36. The van der Waals surface area contributed by atoms with E-state index in [0.717, 1.165) is 63.4 Å². The first-order valence-electron chi connectivity index (χ1n) is 13.1. The summed E-state index contributed by atoms with van der Waals surface area (Å²) in [6.07, 6.45) is 2.39. The van der Waals surface area contributed by atoms with E-state index in [1.54, 1.807) is 19.1 Å². The molecule has 3 N–H and O–H groups in total. The zero-order valence-corrected chi connectivity index (χ0v) is 21.9. The Labute approximate surface area is 225 Å². The summed E-state index contributed by atoms with van der Waals surface area (Å²) in [5, 5.41) is 0. The van der Waals surface area contributed by atoms with Crippen molar-refractivity contribution in [3.63, 3.8) is 0 Å². The summed E-state index contributed by atoms with van der Waals surface area (Å²) < 4.78 is 33.9. The van der Waals surface area contributed by atoms with E-state index in [1.807, 2.05) is 12.1 Å². The van der Waals surface area contributed by atoms with Crippen LogP contribution in [0.2, 0.25) is 0 Å². The fourth-order valence-electron chi connectivity index (χ4n) is 4.93. The number of aromatic amines is 1. The predicted octanol–water partition coefficient (Wildman–Crippen LogP) is 3.39. The second-order valence-electron chi connectivity index (χ2n) is 9.43. The number of rotatable bonds is 11. The molecule has 1 aliphatic heterocycles. The van der Waals surface area contributed by atoms with Gasteiger partial charge in [-0.3, -0.25) is 19.2 Å². The zero-order chi connectivity index (χ0) is 27.9. The van der Waals surface area contributed by atoms with Gasteiger partial charge in [0.1, 0.15) is 0 Å². The van der Waals surface area contributed by atoms with Gasteiger partial charge in [-0.2, -0.15) is 0 Å². The zero-order valence-electron chi connectivity index (χ0n) is 21.9. The van der Waals surface area contributed by atoms with Crippen molar-refractivity contribution in [2.24, 2.45) is 5.73 Å². The van der Waals surface area contributed by atoms with E-state index in [1.165, 1.54) is 10.6 Å². The molecule has 1 amide bonds. The van der Waals surface area contributed by atoms with Crippen molar-refractivity contribution >= 4 is 17.6 Å². The summed E-state index contributed by atoms with van der Waals surface area (Å²) in [7, 11) is 0. The monoisotopic (exact) mass is 541 g/mol. The van der Waals surface area contributed by atoms with Crippen LogP contribution in [-0.2, 0) is 11.3 Å². The van der Waals surface area contributed by atoms with Crippen LogP contribution in [0, 0.1) is 11.6 Å². The quantitative estimate of drug-likeness (QED) is 0.284. The Hall–Kier alpha value is -3.99. The van der Waals surface area contributed by atoms with Gasteiger partial charge < -0.3 is 15.4 Å². The lowest BCUT2D eigenvalue weighted by Crippen LogP contribution is -2.47. The number of hydrogen-bond donors (Lipinski definition) is 2. The number of piperazine rings is 1. The fraction of sp³-hybridized carbons (Fsp3) is 0.393. The molecule has 0 unspecified atom stereocenters. The second-order valence-corrected chi connectivity index (χ2v) is 9.43. The van der Waals surface area contributed by atoms with Crippen LogP contribution in [0.1, 0.15) is 47.0 Å². The molecule has 0 radical (unpaired) electrons. The summed E-state index contributed by atoms with van der Waals surface area (Å²) in [4.78, 5) is 44.0. The first-order chi connectivity index (χ1) is 18.8. The topological polar surface area (TPSA) is 114 Å². The molecule has 4 rings (SSSR count). The van der Waals surface area contributed by atoms with E-state index in [0.29, 0.717) is 18.5 Å². The van der Waals surface area contributed by atoms with Crippen molar-refractivity contribution < 1.29 is 23.1 Å². The van der Waals surface area contributed by atoms with Gasteiger partial charge in [-0.1, -0.05) is 18.6 Å². The molecule has 39 heavy (non-hydrogen) atoms. The Morgan fingerprint density at radius 3 is 2.38 bits per heavy atom. The van der Waals surface area contributed by atoms with E-state index < -0.39 is 29.2 Å². The summed E-state index contributed by atoms with van der Waals surface area (Å²) in [5.74, 6) is -3.25. The van der Waals surface area contributed by atoms with Crippen molar-refractivity contribution in [1.29, 1.82) is 0 Å². The molecule has 1 saturated heterocycles. The number of benzene rings is 2. The number of H-pyrrole nitrogens is 1. The van der Waals surface area contributed by atoms with Crippen LogP contribution in [0.3, 0.4) is 0 Å². The maximum absolute atomic E-state index is 14.0. The van der Waals surface area contributed by atoms with Gasteiger partial charge in [0.2, 0.25) is 0 Å². The third kappa shape index (κ3) is 6.54. The molecule has 0 saturated carbocycles. The van der Waals surface area contributed by atoms with Crippen molar-refractivity contribution in [2.45, 2.75) is 32.7 Å². The van der Waals surface area contributed by atoms with E-state index >= 15 is 0 Å². The van der Waals surface area contributed by atoms with Gasteiger partial charge in [-0.15, -0.1) is 0 Å². The van der Waals surface area contributed by atoms with Gasteiger partial charge >= 0.3 is 11.7 Å². The molecule has 1 aromatic heterocycles. The molecule has 9 nitrogen and oxygen atoms in total. The Kier molecular flexibility index (Phi) is 9.13. The number of imidazole rings is 1. The van der Waals surface area contributed by atoms with Gasteiger partial charge in [0, 0.05) is 44.0 Å². The maximum atomic E-state index is 14.0. The SMILES string of the molecule is CCOC(=O)c1[nH]c(=O)n(CCCCCN2CCN(c3ccccc3C(N)=O)CC2)c1-c1ccc(F)c(F)c1. The number of primary amides is 1. The number of amides is 1. The smallest absolute Gasteiger partial charge is 0.357 e. The van der Waals surface area contributed by atoms with Crippen LogP contribution >= 0.6 is 0 Å². The molecule has 2 aromatic carbocycles. The van der Waals surface area contributed by atoms with Gasteiger partial charge in [-0.25, -0.2) is 18.4 Å². The third-order valence-corrected chi connectivity index (χ3v) is 6.89. The Morgan fingerprint density at radius 1 is 0.974 bits per heavy atom. The minimum Gasteiger partial charge on any atom is -0.461 e. The van der Waals surface area contributed by atoms with E-state index in [-0.39, 0.29) is 23.6 Å². The molecule has 1 aliphatic rings. The number of nitrogens with one attached hydrogen (secondary N) is 1. The van der Waals surface area contributed by atoms with Crippen LogP contribution in [0.5, 0.6) is 0 Å². The molecule has 0 bridgehead atoms. The van der Waals surface area contributed by atoms with Crippen molar-refractivity contribution in [3.8, 4) is 11.3 Å². The largest absolute Gasteiger partial charge is 0.461 e. The predicted molar refractivity (Wildman–Crippen MR) is 144 cm³/mol. The normalized spacial score (nSPS) is 14.0. The lowest BCUT2D eigenvalue weighted by molar-refractivity contribution is 0.0520. The molecule has 0 atom stereocenters. The molecular weight excluding hydrogens is 508 g/mol. The molecular formula is C28H33F2N5O4. The van der Waals surface area contributed by atoms with Crippen LogP contribution in [0.25, 0.3) is 11.3 Å². The molecule has 3 aromatic rings. The number of hydrogen-bond acceptors (Lipinski definition) is 6. The number of carbonyl (C=O) groups excluding carboxylic acids is 2. The minimum atomic E-state index is -1.07. The molecule has 0 spiro atoms.